The lowest BCUT2D eigenvalue weighted by molar-refractivity contribution is 0.367. The summed E-state index contributed by atoms with van der Waals surface area (Å²) >= 11 is 0. The Morgan fingerprint density at radius 3 is 3.07 bits per heavy atom. The summed E-state index contributed by atoms with van der Waals surface area (Å²) in [5.41, 5.74) is 0.594. The van der Waals surface area contributed by atoms with Crippen molar-refractivity contribution in [3.63, 3.8) is 0 Å². The number of aromatic nitrogens is 1. The first-order valence-corrected chi connectivity index (χ1v) is 5.05. The molecule has 1 N–H and O–H groups in total. The fourth-order valence-electron chi connectivity index (χ4n) is 1.16. The molecule has 0 amide bonds. The number of nitrogens with one attached hydrogen (secondary N) is 1. The van der Waals surface area contributed by atoms with Gasteiger partial charge in [-0.2, -0.15) is 5.26 Å². The average molecular weight is 204 g/mol. The van der Waals surface area contributed by atoms with E-state index in [-0.39, 0.29) is 0 Å². The lowest BCUT2D eigenvalue weighted by Gasteiger charge is -2.14. The van der Waals surface area contributed by atoms with Gasteiger partial charge in [-0.25, -0.2) is 4.98 Å². The van der Waals surface area contributed by atoms with Crippen molar-refractivity contribution in [1.82, 2.24) is 9.88 Å². The molecule has 0 spiro atoms. The Kier molecular flexibility index (Phi) is 4.58. The van der Waals surface area contributed by atoms with Gasteiger partial charge in [0.15, 0.2) is 0 Å². The van der Waals surface area contributed by atoms with Crippen molar-refractivity contribution >= 4 is 5.82 Å². The molecule has 1 heterocycles. The van der Waals surface area contributed by atoms with E-state index in [1.165, 1.54) is 0 Å². The van der Waals surface area contributed by atoms with Gasteiger partial charge in [-0.15, -0.1) is 0 Å². The second-order valence-corrected chi connectivity index (χ2v) is 3.33. The van der Waals surface area contributed by atoms with Crippen molar-refractivity contribution in [2.45, 2.75) is 6.92 Å². The maximum Gasteiger partial charge on any atom is 0.143 e. The van der Waals surface area contributed by atoms with E-state index in [4.69, 9.17) is 5.26 Å². The summed E-state index contributed by atoms with van der Waals surface area (Å²) in [6, 6.07) is 5.64. The van der Waals surface area contributed by atoms with Crippen LogP contribution in [0.15, 0.2) is 18.3 Å². The van der Waals surface area contributed by atoms with Gasteiger partial charge in [0.2, 0.25) is 0 Å². The predicted octanol–water partition coefficient (Wildman–Crippen LogP) is 1.32. The van der Waals surface area contributed by atoms with Crippen LogP contribution in [0.3, 0.4) is 0 Å². The smallest absolute Gasteiger partial charge is 0.143 e. The summed E-state index contributed by atoms with van der Waals surface area (Å²) in [5.74, 6) is 0.671. The minimum Gasteiger partial charge on any atom is -0.368 e. The molecular formula is C11H16N4. The van der Waals surface area contributed by atoms with Crippen LogP contribution in [0.4, 0.5) is 5.82 Å². The van der Waals surface area contributed by atoms with Crippen LogP contribution in [0.25, 0.3) is 0 Å². The molecule has 4 heteroatoms. The first-order chi connectivity index (χ1) is 7.27. The summed E-state index contributed by atoms with van der Waals surface area (Å²) in [5, 5.41) is 12.0. The van der Waals surface area contributed by atoms with E-state index in [1.54, 1.807) is 18.3 Å². The Morgan fingerprint density at radius 2 is 2.40 bits per heavy atom. The average Bonchev–Trinajstić information content (AvgIpc) is 2.29. The number of nitrogens with zero attached hydrogens (tertiary/aromatic N) is 3. The maximum atomic E-state index is 8.83. The summed E-state index contributed by atoms with van der Waals surface area (Å²) in [7, 11) is 2.06. The molecule has 1 aromatic heterocycles. The second kappa shape index (κ2) is 5.99. The van der Waals surface area contributed by atoms with Gasteiger partial charge in [-0.05, 0) is 25.7 Å². The molecule has 15 heavy (non-hydrogen) atoms. The number of hydrogen-bond donors (Lipinski definition) is 1. The molecule has 0 aliphatic heterocycles. The van der Waals surface area contributed by atoms with Gasteiger partial charge in [0.05, 0.1) is 5.56 Å². The number of likely N-dealkylation sites (N-methyl/N-ethyl adjacent to an activating group) is 1. The van der Waals surface area contributed by atoms with Gasteiger partial charge in [-0.3, -0.25) is 0 Å². The molecule has 1 aromatic rings. The number of rotatable bonds is 5. The topological polar surface area (TPSA) is 52.0 Å². The Morgan fingerprint density at radius 1 is 1.60 bits per heavy atom. The van der Waals surface area contributed by atoms with Crippen molar-refractivity contribution in [2.24, 2.45) is 0 Å². The normalized spacial score (nSPS) is 10.0. The van der Waals surface area contributed by atoms with Gasteiger partial charge < -0.3 is 10.2 Å². The fourth-order valence-corrected chi connectivity index (χ4v) is 1.16. The molecule has 0 fully saturated rings. The van der Waals surface area contributed by atoms with Crippen molar-refractivity contribution in [1.29, 1.82) is 5.26 Å². The number of hydrogen-bond acceptors (Lipinski definition) is 4. The molecule has 4 nitrogen and oxygen atoms in total. The van der Waals surface area contributed by atoms with Crippen LogP contribution in [-0.4, -0.2) is 36.6 Å². The van der Waals surface area contributed by atoms with E-state index in [0.717, 1.165) is 19.6 Å². The quantitative estimate of drug-likeness (QED) is 0.786. The van der Waals surface area contributed by atoms with E-state index in [1.807, 2.05) is 0 Å². The summed E-state index contributed by atoms with van der Waals surface area (Å²) < 4.78 is 0. The Bertz CT molecular complexity index is 343. The van der Waals surface area contributed by atoms with Crippen LogP contribution >= 0.6 is 0 Å². The minimum atomic E-state index is 0.594. The van der Waals surface area contributed by atoms with Crippen molar-refractivity contribution in [3.05, 3.63) is 23.9 Å². The molecule has 0 bridgehead atoms. The lowest BCUT2D eigenvalue weighted by atomic mass is 10.3. The number of pyridine rings is 1. The molecule has 0 unspecified atom stereocenters. The van der Waals surface area contributed by atoms with Crippen LogP contribution in [0.2, 0.25) is 0 Å². The molecule has 1 rings (SSSR count). The fraction of sp³-hybridized carbons (Fsp3) is 0.455. The Labute approximate surface area is 90.5 Å². The van der Waals surface area contributed by atoms with Gasteiger partial charge >= 0.3 is 0 Å². The highest BCUT2D eigenvalue weighted by molar-refractivity contribution is 5.51. The minimum absolute atomic E-state index is 0.594. The highest BCUT2D eigenvalue weighted by Gasteiger charge is 2.01. The second-order valence-electron chi connectivity index (χ2n) is 3.33. The zero-order chi connectivity index (χ0) is 11.1. The standard InChI is InChI=1S/C11H16N4/c1-3-15(2)8-7-14-11-10(9-12)5-4-6-13-11/h4-6H,3,7-8H2,1-2H3,(H,13,14). The van der Waals surface area contributed by atoms with E-state index in [0.29, 0.717) is 11.4 Å². The SMILES string of the molecule is CCN(C)CCNc1ncccc1C#N. The summed E-state index contributed by atoms with van der Waals surface area (Å²) in [6.07, 6.45) is 1.69. The molecule has 0 saturated heterocycles. The third-order valence-electron chi connectivity index (χ3n) is 2.25. The van der Waals surface area contributed by atoms with E-state index in [9.17, 15) is 0 Å². The molecule has 0 atom stereocenters. The monoisotopic (exact) mass is 204 g/mol. The zero-order valence-corrected chi connectivity index (χ0v) is 9.20. The molecule has 0 radical (unpaired) electrons. The largest absolute Gasteiger partial charge is 0.368 e. The van der Waals surface area contributed by atoms with Crippen LogP contribution in [0.5, 0.6) is 0 Å². The van der Waals surface area contributed by atoms with Crippen LogP contribution in [-0.2, 0) is 0 Å². The molecule has 0 aromatic carbocycles. The van der Waals surface area contributed by atoms with Gasteiger partial charge in [0.25, 0.3) is 0 Å². The third kappa shape index (κ3) is 3.56. The predicted molar refractivity (Wildman–Crippen MR) is 60.6 cm³/mol. The molecular weight excluding hydrogens is 188 g/mol. The first kappa shape index (κ1) is 11.5. The van der Waals surface area contributed by atoms with E-state index >= 15 is 0 Å². The van der Waals surface area contributed by atoms with Crippen LogP contribution in [0, 0.1) is 11.3 Å². The van der Waals surface area contributed by atoms with Crippen LogP contribution < -0.4 is 5.32 Å². The van der Waals surface area contributed by atoms with Gasteiger partial charge in [-0.1, -0.05) is 6.92 Å². The molecule has 0 saturated carbocycles. The Hall–Kier alpha value is -1.60. The molecule has 80 valence electrons. The van der Waals surface area contributed by atoms with Gasteiger partial charge in [0, 0.05) is 19.3 Å². The summed E-state index contributed by atoms with van der Waals surface area (Å²) in [6.45, 7) is 4.88. The Balaban J connectivity index is 2.47. The zero-order valence-electron chi connectivity index (χ0n) is 9.20. The number of anilines is 1. The van der Waals surface area contributed by atoms with Crippen LogP contribution in [0.1, 0.15) is 12.5 Å². The highest BCUT2D eigenvalue weighted by atomic mass is 15.1. The summed E-state index contributed by atoms with van der Waals surface area (Å²) in [4.78, 5) is 6.32. The van der Waals surface area contributed by atoms with Crippen molar-refractivity contribution < 1.29 is 0 Å². The van der Waals surface area contributed by atoms with Gasteiger partial charge in [0.1, 0.15) is 11.9 Å². The molecule has 0 aliphatic carbocycles. The number of nitriles is 1. The third-order valence-corrected chi connectivity index (χ3v) is 2.25. The van der Waals surface area contributed by atoms with Crippen molar-refractivity contribution in [2.75, 3.05) is 32.0 Å². The first-order valence-electron chi connectivity index (χ1n) is 5.05. The van der Waals surface area contributed by atoms with Crippen molar-refractivity contribution in [3.8, 4) is 6.07 Å². The highest BCUT2D eigenvalue weighted by Crippen LogP contribution is 2.08. The van der Waals surface area contributed by atoms with E-state index in [2.05, 4.69) is 35.2 Å². The van der Waals surface area contributed by atoms with E-state index < -0.39 is 0 Å². The lowest BCUT2D eigenvalue weighted by Crippen LogP contribution is -2.25. The maximum absolute atomic E-state index is 8.83. The molecule has 0 aliphatic rings.